The van der Waals surface area contributed by atoms with Crippen LogP contribution in [0.4, 0.5) is 5.69 Å². The number of nitriles is 1. The zero-order valence-corrected chi connectivity index (χ0v) is 14.8. The molecule has 0 aliphatic carbocycles. The molecule has 0 unspecified atom stereocenters. The Kier molecular flexibility index (Phi) is 5.67. The minimum Gasteiger partial charge on any atom is -0.392 e. The van der Waals surface area contributed by atoms with Crippen LogP contribution in [-0.2, 0) is 13.2 Å². The molecule has 0 radical (unpaired) electrons. The van der Waals surface area contributed by atoms with Gasteiger partial charge in [0.05, 0.1) is 24.2 Å². The second kappa shape index (κ2) is 8.32. The molecule has 0 fully saturated rings. The van der Waals surface area contributed by atoms with E-state index in [2.05, 4.69) is 20.5 Å². The highest BCUT2D eigenvalue weighted by Crippen LogP contribution is 2.28. The lowest BCUT2D eigenvalue weighted by molar-refractivity contribution is 0.282. The number of hydrogen-bond acceptors (Lipinski definition) is 4. The lowest BCUT2D eigenvalue weighted by atomic mass is 10.0. The summed E-state index contributed by atoms with van der Waals surface area (Å²) in [5.74, 6) is 0. The van der Waals surface area contributed by atoms with Gasteiger partial charge < -0.3 is 14.6 Å². The van der Waals surface area contributed by atoms with Gasteiger partial charge in [-0.05, 0) is 41.3 Å². The fourth-order valence-corrected chi connectivity index (χ4v) is 3.00. The molecule has 26 heavy (non-hydrogen) atoms. The van der Waals surface area contributed by atoms with Gasteiger partial charge in [-0.3, -0.25) is 0 Å². The molecule has 0 atom stereocenters. The van der Waals surface area contributed by atoms with Crippen LogP contribution >= 0.6 is 0 Å². The van der Waals surface area contributed by atoms with Crippen molar-refractivity contribution in [3.63, 3.8) is 0 Å². The number of benzene rings is 2. The second-order valence-corrected chi connectivity index (χ2v) is 6.28. The molecule has 2 aromatic carbocycles. The van der Waals surface area contributed by atoms with Crippen molar-refractivity contribution in [2.45, 2.75) is 19.6 Å². The first-order valence-electron chi connectivity index (χ1n) is 8.62. The van der Waals surface area contributed by atoms with Crippen LogP contribution in [0.2, 0.25) is 0 Å². The molecule has 1 heterocycles. The number of anilines is 1. The molecule has 3 aromatic rings. The maximum Gasteiger partial charge on any atom is 0.101 e. The molecule has 0 aliphatic heterocycles. The third kappa shape index (κ3) is 4.11. The van der Waals surface area contributed by atoms with E-state index in [0.29, 0.717) is 5.56 Å². The maximum absolute atomic E-state index is 9.46. The Morgan fingerprint density at radius 3 is 2.77 bits per heavy atom. The number of rotatable bonds is 7. The monoisotopic (exact) mass is 346 g/mol. The van der Waals surface area contributed by atoms with Crippen LogP contribution in [-0.4, -0.2) is 28.3 Å². The lowest BCUT2D eigenvalue weighted by Crippen LogP contribution is -2.20. The van der Waals surface area contributed by atoms with Crippen LogP contribution in [0.1, 0.15) is 17.5 Å². The van der Waals surface area contributed by atoms with Crippen LogP contribution in [0.5, 0.6) is 0 Å². The van der Waals surface area contributed by atoms with E-state index in [0.717, 1.165) is 41.9 Å². The molecule has 0 amide bonds. The number of hydrogen-bond donors (Lipinski definition) is 1. The van der Waals surface area contributed by atoms with E-state index in [1.165, 1.54) is 0 Å². The summed E-state index contributed by atoms with van der Waals surface area (Å²) in [5.41, 5.74) is 4.54. The van der Waals surface area contributed by atoms with Gasteiger partial charge in [-0.15, -0.1) is 0 Å². The highest BCUT2D eigenvalue weighted by Gasteiger charge is 2.10. The lowest BCUT2D eigenvalue weighted by Gasteiger charge is -2.21. The van der Waals surface area contributed by atoms with Crippen molar-refractivity contribution < 1.29 is 5.11 Å². The number of aromatic nitrogens is 2. The number of aliphatic hydroxyl groups is 1. The van der Waals surface area contributed by atoms with Gasteiger partial charge in [0.1, 0.15) is 6.07 Å². The topological polar surface area (TPSA) is 65.1 Å². The first kappa shape index (κ1) is 17.7. The third-order valence-electron chi connectivity index (χ3n) is 4.44. The van der Waals surface area contributed by atoms with E-state index in [-0.39, 0.29) is 6.61 Å². The zero-order valence-electron chi connectivity index (χ0n) is 14.8. The third-order valence-corrected chi connectivity index (χ3v) is 4.44. The van der Waals surface area contributed by atoms with Crippen molar-refractivity contribution in [3.05, 3.63) is 72.3 Å². The largest absolute Gasteiger partial charge is 0.392 e. The molecule has 132 valence electrons. The van der Waals surface area contributed by atoms with Gasteiger partial charge in [-0.2, -0.15) is 5.26 Å². The molecule has 3 rings (SSSR count). The molecule has 1 aromatic heterocycles. The van der Waals surface area contributed by atoms with Crippen molar-refractivity contribution in [3.8, 4) is 17.2 Å². The van der Waals surface area contributed by atoms with Crippen molar-refractivity contribution in [1.82, 2.24) is 9.55 Å². The normalized spacial score (nSPS) is 10.5. The summed E-state index contributed by atoms with van der Waals surface area (Å²) in [5, 5.41) is 18.8. The van der Waals surface area contributed by atoms with E-state index < -0.39 is 0 Å². The highest BCUT2D eigenvalue weighted by molar-refractivity contribution is 5.72. The smallest absolute Gasteiger partial charge is 0.101 e. The van der Waals surface area contributed by atoms with Crippen molar-refractivity contribution in [2.75, 3.05) is 18.5 Å². The number of aryl methyl sites for hydroxylation is 1. The minimum absolute atomic E-state index is 0.0190. The Hall–Kier alpha value is -3.10. The van der Waals surface area contributed by atoms with Gasteiger partial charge in [0.15, 0.2) is 0 Å². The Balaban J connectivity index is 1.79. The van der Waals surface area contributed by atoms with Crippen molar-refractivity contribution in [2.24, 2.45) is 0 Å². The zero-order chi connectivity index (χ0) is 18.4. The van der Waals surface area contributed by atoms with Gasteiger partial charge in [0.2, 0.25) is 0 Å². The molecule has 0 saturated heterocycles. The molecule has 5 heteroatoms. The van der Waals surface area contributed by atoms with Gasteiger partial charge in [0.25, 0.3) is 0 Å². The Morgan fingerprint density at radius 2 is 2.04 bits per heavy atom. The molecule has 5 nitrogen and oxygen atoms in total. The number of nitrogens with zero attached hydrogens (tertiary/aromatic N) is 4. The summed E-state index contributed by atoms with van der Waals surface area (Å²) >= 11 is 0. The SMILES string of the molecule is CN(CCCn1ccnc1)c1cc(-c2cccc(CO)c2)ccc1C#N. The summed E-state index contributed by atoms with van der Waals surface area (Å²) in [6.07, 6.45) is 6.51. The molecular formula is C21H22N4O. The van der Waals surface area contributed by atoms with Crippen molar-refractivity contribution in [1.29, 1.82) is 5.26 Å². The number of aliphatic hydroxyl groups excluding tert-OH is 1. The quantitative estimate of drug-likeness (QED) is 0.712. The molecule has 0 bridgehead atoms. The molecule has 0 saturated carbocycles. The van der Waals surface area contributed by atoms with E-state index in [1.54, 1.807) is 6.20 Å². The Bertz CT molecular complexity index is 897. The predicted octanol–water partition coefficient (Wildman–Crippen LogP) is 3.44. The van der Waals surface area contributed by atoms with Crippen LogP contribution in [0, 0.1) is 11.3 Å². The summed E-state index contributed by atoms with van der Waals surface area (Å²) in [4.78, 5) is 6.17. The van der Waals surface area contributed by atoms with Gasteiger partial charge in [0, 0.05) is 32.5 Å². The minimum atomic E-state index is 0.0190. The van der Waals surface area contributed by atoms with Gasteiger partial charge in [-0.25, -0.2) is 4.98 Å². The van der Waals surface area contributed by atoms with E-state index in [1.807, 2.05) is 62.0 Å². The first-order valence-corrected chi connectivity index (χ1v) is 8.62. The van der Waals surface area contributed by atoms with Gasteiger partial charge in [-0.1, -0.05) is 24.3 Å². The van der Waals surface area contributed by atoms with Crippen LogP contribution in [0.25, 0.3) is 11.1 Å². The first-order chi connectivity index (χ1) is 12.7. The standard InChI is InChI=1S/C21H22N4O/c1-24(9-3-10-25-11-8-23-16-25)21-13-19(6-7-20(21)14-22)18-5-2-4-17(12-18)15-26/h2,4-8,11-13,16,26H,3,9-10,15H2,1H3. The molecular weight excluding hydrogens is 324 g/mol. The maximum atomic E-state index is 9.46. The van der Waals surface area contributed by atoms with Crippen LogP contribution in [0.3, 0.4) is 0 Å². The van der Waals surface area contributed by atoms with E-state index in [9.17, 15) is 10.4 Å². The molecule has 1 N–H and O–H groups in total. The Morgan fingerprint density at radius 1 is 1.19 bits per heavy atom. The summed E-state index contributed by atoms with van der Waals surface area (Å²) in [6.45, 7) is 1.75. The van der Waals surface area contributed by atoms with E-state index in [4.69, 9.17) is 0 Å². The second-order valence-electron chi connectivity index (χ2n) is 6.28. The average Bonchev–Trinajstić information content (AvgIpc) is 3.21. The van der Waals surface area contributed by atoms with Crippen LogP contribution < -0.4 is 4.90 Å². The van der Waals surface area contributed by atoms with Crippen molar-refractivity contribution >= 4 is 5.69 Å². The number of imidazole rings is 1. The summed E-state index contributed by atoms with van der Waals surface area (Å²) in [6, 6.07) is 16.0. The molecule has 0 aliphatic rings. The Labute approximate surface area is 153 Å². The van der Waals surface area contributed by atoms with Crippen LogP contribution in [0.15, 0.2) is 61.2 Å². The molecule has 0 spiro atoms. The highest BCUT2D eigenvalue weighted by atomic mass is 16.3. The summed E-state index contributed by atoms with van der Waals surface area (Å²) < 4.78 is 2.05. The average molecular weight is 346 g/mol. The summed E-state index contributed by atoms with van der Waals surface area (Å²) in [7, 11) is 2.01. The fraction of sp³-hybridized carbons (Fsp3) is 0.238. The fourth-order valence-electron chi connectivity index (χ4n) is 3.00. The predicted molar refractivity (Wildman–Crippen MR) is 103 cm³/mol. The van der Waals surface area contributed by atoms with E-state index >= 15 is 0 Å². The van der Waals surface area contributed by atoms with Gasteiger partial charge >= 0.3 is 0 Å².